The first-order chi connectivity index (χ1) is 11.8. The molecule has 0 aliphatic carbocycles. The summed E-state index contributed by atoms with van der Waals surface area (Å²) in [5.74, 6) is -5.10. The van der Waals surface area contributed by atoms with Gasteiger partial charge in [-0.2, -0.15) is 4.31 Å². The fraction of sp³-hybridized carbons (Fsp3) is 0.533. The summed E-state index contributed by atoms with van der Waals surface area (Å²) in [6.45, 7) is 1.43. The highest BCUT2D eigenvalue weighted by Crippen LogP contribution is 2.27. The van der Waals surface area contributed by atoms with E-state index in [1.54, 1.807) is 4.90 Å². The van der Waals surface area contributed by atoms with E-state index in [0.717, 1.165) is 10.4 Å². The van der Waals surface area contributed by atoms with E-state index in [4.69, 9.17) is 0 Å². The monoisotopic (exact) mass is 377 g/mol. The van der Waals surface area contributed by atoms with Crippen molar-refractivity contribution in [3.8, 4) is 0 Å². The fourth-order valence-corrected chi connectivity index (χ4v) is 4.82. The van der Waals surface area contributed by atoms with Gasteiger partial charge in [-0.25, -0.2) is 21.6 Å². The van der Waals surface area contributed by atoms with Crippen LogP contribution in [0.15, 0.2) is 17.0 Å². The Hall–Kier alpha value is -1.65. The maximum atomic E-state index is 13.9. The summed E-state index contributed by atoms with van der Waals surface area (Å²) in [5.41, 5.74) is 0. The Kier molecular flexibility index (Phi) is 5.03. The van der Waals surface area contributed by atoms with Gasteiger partial charge in [0.15, 0.2) is 17.5 Å². The molecule has 2 fully saturated rings. The minimum absolute atomic E-state index is 0.00646. The lowest BCUT2D eigenvalue weighted by Crippen LogP contribution is -2.57. The Balaban J connectivity index is 1.85. The Morgan fingerprint density at radius 1 is 1.12 bits per heavy atom. The lowest BCUT2D eigenvalue weighted by atomic mass is 10.1. The summed E-state index contributed by atoms with van der Waals surface area (Å²) in [6.07, 6.45) is 1.13. The molecule has 2 heterocycles. The largest absolute Gasteiger partial charge is 0.336 e. The molecule has 0 radical (unpaired) electrons. The number of carbonyl (C=O) groups is 1. The molecular formula is C15H18F3N3O3S. The first-order valence-corrected chi connectivity index (χ1v) is 9.40. The zero-order valence-electron chi connectivity index (χ0n) is 13.3. The number of hydrogen-bond donors (Lipinski definition) is 1. The molecule has 2 aliphatic rings. The molecule has 3 rings (SSSR count). The third-order valence-corrected chi connectivity index (χ3v) is 6.43. The molecule has 1 amide bonds. The predicted molar refractivity (Wildman–Crippen MR) is 82.7 cm³/mol. The van der Waals surface area contributed by atoms with Crippen LogP contribution < -0.4 is 5.32 Å². The molecule has 6 nitrogen and oxygen atoms in total. The normalized spacial score (nSPS) is 23.1. The first-order valence-electron chi connectivity index (χ1n) is 7.96. The van der Waals surface area contributed by atoms with Crippen molar-refractivity contribution in [2.24, 2.45) is 0 Å². The van der Waals surface area contributed by atoms with Crippen LogP contribution in [0.2, 0.25) is 0 Å². The highest BCUT2D eigenvalue weighted by molar-refractivity contribution is 7.89. The van der Waals surface area contributed by atoms with Crippen LogP contribution in [0.1, 0.15) is 12.8 Å². The molecule has 25 heavy (non-hydrogen) atoms. The average molecular weight is 377 g/mol. The molecule has 1 unspecified atom stereocenters. The maximum Gasteiger partial charge on any atom is 0.246 e. The highest BCUT2D eigenvalue weighted by Gasteiger charge is 2.37. The van der Waals surface area contributed by atoms with Gasteiger partial charge in [-0.15, -0.1) is 0 Å². The molecule has 1 aromatic carbocycles. The molecule has 2 aliphatic heterocycles. The van der Waals surface area contributed by atoms with Crippen LogP contribution in [0.3, 0.4) is 0 Å². The van der Waals surface area contributed by atoms with Gasteiger partial charge in [0.25, 0.3) is 0 Å². The molecule has 1 atom stereocenters. The van der Waals surface area contributed by atoms with Gasteiger partial charge in [0, 0.05) is 32.2 Å². The molecule has 2 saturated heterocycles. The van der Waals surface area contributed by atoms with E-state index in [1.165, 1.54) is 0 Å². The van der Waals surface area contributed by atoms with Gasteiger partial charge in [0.05, 0.1) is 6.54 Å². The molecular weight excluding hydrogens is 359 g/mol. The molecule has 0 saturated carbocycles. The van der Waals surface area contributed by atoms with Crippen molar-refractivity contribution in [1.29, 1.82) is 0 Å². The van der Waals surface area contributed by atoms with E-state index < -0.39 is 32.4 Å². The topological polar surface area (TPSA) is 69.7 Å². The van der Waals surface area contributed by atoms with E-state index in [-0.39, 0.29) is 31.6 Å². The summed E-state index contributed by atoms with van der Waals surface area (Å²) in [7, 11) is -4.32. The first kappa shape index (κ1) is 18.2. The second kappa shape index (κ2) is 6.93. The van der Waals surface area contributed by atoms with Crippen molar-refractivity contribution in [2.75, 3.05) is 32.7 Å². The van der Waals surface area contributed by atoms with E-state index in [0.29, 0.717) is 32.0 Å². The zero-order valence-corrected chi connectivity index (χ0v) is 14.2. The van der Waals surface area contributed by atoms with Crippen molar-refractivity contribution in [3.63, 3.8) is 0 Å². The minimum atomic E-state index is -4.32. The number of benzene rings is 1. The van der Waals surface area contributed by atoms with Crippen molar-refractivity contribution in [1.82, 2.24) is 14.5 Å². The van der Waals surface area contributed by atoms with E-state index in [1.807, 2.05) is 0 Å². The Morgan fingerprint density at radius 3 is 2.60 bits per heavy atom. The summed E-state index contributed by atoms with van der Waals surface area (Å²) in [5, 5.41) is 2.94. The number of hydrogen-bond acceptors (Lipinski definition) is 4. The van der Waals surface area contributed by atoms with Gasteiger partial charge in [-0.3, -0.25) is 4.79 Å². The molecule has 0 spiro atoms. The van der Waals surface area contributed by atoms with Crippen LogP contribution in [0.25, 0.3) is 0 Å². The SMILES string of the molecule is O=C1CNCCN1C1CCCN(S(=O)(=O)c2ccc(F)c(F)c2F)C1. The van der Waals surface area contributed by atoms with Gasteiger partial charge >= 0.3 is 0 Å². The van der Waals surface area contributed by atoms with E-state index >= 15 is 0 Å². The summed E-state index contributed by atoms with van der Waals surface area (Å²) < 4.78 is 66.8. The fourth-order valence-electron chi connectivity index (χ4n) is 3.25. The van der Waals surface area contributed by atoms with Crippen LogP contribution in [-0.4, -0.2) is 62.3 Å². The lowest BCUT2D eigenvalue weighted by molar-refractivity contribution is -0.135. The quantitative estimate of drug-likeness (QED) is 0.787. The van der Waals surface area contributed by atoms with Gasteiger partial charge in [0.1, 0.15) is 4.90 Å². The third-order valence-electron chi connectivity index (χ3n) is 4.54. The van der Waals surface area contributed by atoms with Gasteiger partial charge in [-0.1, -0.05) is 0 Å². The number of sulfonamides is 1. The third kappa shape index (κ3) is 3.38. The van der Waals surface area contributed by atoms with Crippen LogP contribution >= 0.6 is 0 Å². The zero-order chi connectivity index (χ0) is 18.2. The number of halogens is 3. The molecule has 0 bridgehead atoms. The van der Waals surface area contributed by atoms with E-state index in [2.05, 4.69) is 5.32 Å². The Morgan fingerprint density at radius 2 is 1.88 bits per heavy atom. The number of nitrogens with one attached hydrogen (secondary N) is 1. The smallest absolute Gasteiger partial charge is 0.246 e. The van der Waals surface area contributed by atoms with Crippen molar-refractivity contribution in [2.45, 2.75) is 23.8 Å². The number of rotatable bonds is 3. The number of carbonyl (C=O) groups excluding carboxylic acids is 1. The van der Waals surface area contributed by atoms with Crippen molar-refractivity contribution >= 4 is 15.9 Å². The number of nitrogens with zero attached hydrogens (tertiary/aromatic N) is 2. The van der Waals surface area contributed by atoms with Gasteiger partial charge in [0.2, 0.25) is 15.9 Å². The second-order valence-electron chi connectivity index (χ2n) is 6.10. The van der Waals surface area contributed by atoms with Crippen LogP contribution in [0.4, 0.5) is 13.2 Å². The van der Waals surface area contributed by atoms with Crippen molar-refractivity contribution in [3.05, 3.63) is 29.6 Å². The van der Waals surface area contributed by atoms with Crippen molar-refractivity contribution < 1.29 is 26.4 Å². The standard InChI is InChI=1S/C15H18F3N3O3S/c16-11-3-4-12(15(18)14(11)17)25(23,24)20-6-1-2-10(9-20)21-7-5-19-8-13(21)22/h3-4,10,19H,1-2,5-9H2. The molecule has 1 aromatic rings. The van der Waals surface area contributed by atoms with Crippen LogP contribution in [-0.2, 0) is 14.8 Å². The minimum Gasteiger partial charge on any atom is -0.336 e. The lowest BCUT2D eigenvalue weighted by Gasteiger charge is -2.40. The average Bonchev–Trinajstić information content (AvgIpc) is 2.60. The van der Waals surface area contributed by atoms with E-state index in [9.17, 15) is 26.4 Å². The predicted octanol–water partition coefficient (Wildman–Crippen LogP) is 0.689. The van der Waals surface area contributed by atoms with Crippen LogP contribution in [0, 0.1) is 17.5 Å². The van der Waals surface area contributed by atoms with Crippen LogP contribution in [0.5, 0.6) is 0 Å². The number of piperazine rings is 1. The molecule has 138 valence electrons. The van der Waals surface area contributed by atoms with Gasteiger partial charge < -0.3 is 10.2 Å². The number of piperidine rings is 1. The Bertz CT molecular complexity index is 788. The molecule has 1 N–H and O–H groups in total. The summed E-state index contributed by atoms with van der Waals surface area (Å²) in [6, 6.07) is 1.00. The summed E-state index contributed by atoms with van der Waals surface area (Å²) >= 11 is 0. The maximum absolute atomic E-state index is 13.9. The van der Waals surface area contributed by atoms with Gasteiger partial charge in [-0.05, 0) is 25.0 Å². The molecule has 10 heteroatoms. The second-order valence-corrected chi connectivity index (χ2v) is 8.00. The number of amides is 1. The highest BCUT2D eigenvalue weighted by atomic mass is 32.2. The summed E-state index contributed by atoms with van der Waals surface area (Å²) in [4.78, 5) is 12.7. The molecule has 0 aromatic heterocycles. The Labute approximate surface area is 143 Å².